The number of amides is 3. The van der Waals surface area contributed by atoms with E-state index in [4.69, 9.17) is 0 Å². The molecule has 3 amide bonds. The van der Waals surface area contributed by atoms with Crippen LogP contribution in [-0.4, -0.2) is 67.6 Å². The molecule has 0 atom stereocenters. The first-order chi connectivity index (χ1) is 16.1. The van der Waals surface area contributed by atoms with E-state index in [2.05, 4.69) is 15.5 Å². The van der Waals surface area contributed by atoms with Crippen molar-refractivity contribution >= 4 is 11.9 Å². The molecular formula is C24H34F4N4O2. The minimum atomic E-state index is -4.71. The largest absolute Gasteiger partial charge is 0.416 e. The second-order valence-electron chi connectivity index (χ2n) is 9.43. The monoisotopic (exact) mass is 486 g/mol. The number of nitrogens with one attached hydrogen (secondary N) is 2. The molecule has 2 aliphatic rings. The predicted molar refractivity (Wildman–Crippen MR) is 121 cm³/mol. The zero-order chi connectivity index (χ0) is 24.7. The SMILES string of the molecule is CN(CCN1CCC(CNC(=O)c2cc(F)cc(C(F)(F)F)c2)CC1)C(=O)NC1CCCCC1. The molecule has 0 spiro atoms. The lowest BCUT2D eigenvalue weighted by molar-refractivity contribution is -0.137. The number of hydrogen-bond donors (Lipinski definition) is 2. The molecule has 0 radical (unpaired) electrons. The lowest BCUT2D eigenvalue weighted by Gasteiger charge is -2.33. The number of halogens is 4. The third kappa shape index (κ3) is 7.85. The van der Waals surface area contributed by atoms with Crippen LogP contribution >= 0.6 is 0 Å². The average molecular weight is 487 g/mol. The maximum atomic E-state index is 13.5. The standard InChI is InChI=1S/C24H34F4N4O2/c1-31(23(34)30-21-5-3-2-4-6-21)11-12-32-9-7-17(8-10-32)16-29-22(33)18-13-19(24(26,27)28)15-20(25)14-18/h13-15,17,21H,2-12,16H2,1H3,(H,29,33)(H,30,34). The summed E-state index contributed by atoms with van der Waals surface area (Å²) in [7, 11) is 1.80. The van der Waals surface area contributed by atoms with Gasteiger partial charge in [0.1, 0.15) is 5.82 Å². The first-order valence-corrected chi connectivity index (χ1v) is 12.0. The van der Waals surface area contributed by atoms with Gasteiger partial charge in [0.15, 0.2) is 0 Å². The van der Waals surface area contributed by atoms with Gasteiger partial charge >= 0.3 is 12.2 Å². The molecule has 1 saturated heterocycles. The maximum Gasteiger partial charge on any atom is 0.416 e. The Morgan fingerprint density at radius 1 is 1.06 bits per heavy atom. The van der Waals surface area contributed by atoms with Crippen molar-refractivity contribution in [1.29, 1.82) is 0 Å². The number of urea groups is 1. The Kier molecular flexibility index (Phi) is 9.16. The summed E-state index contributed by atoms with van der Waals surface area (Å²) >= 11 is 0. The van der Waals surface area contributed by atoms with Crippen molar-refractivity contribution in [3.63, 3.8) is 0 Å². The third-order valence-corrected chi connectivity index (χ3v) is 6.78. The van der Waals surface area contributed by atoms with E-state index >= 15 is 0 Å². The number of likely N-dealkylation sites (N-methyl/N-ethyl adjacent to an activating group) is 1. The summed E-state index contributed by atoms with van der Waals surface area (Å²) < 4.78 is 52.1. The van der Waals surface area contributed by atoms with Crippen molar-refractivity contribution in [3.05, 3.63) is 35.1 Å². The van der Waals surface area contributed by atoms with E-state index in [1.54, 1.807) is 11.9 Å². The molecule has 1 aliphatic carbocycles. The Morgan fingerprint density at radius 2 is 1.74 bits per heavy atom. The number of carbonyl (C=O) groups excluding carboxylic acids is 2. The fourth-order valence-corrected chi connectivity index (χ4v) is 4.56. The minimum Gasteiger partial charge on any atom is -0.352 e. The topological polar surface area (TPSA) is 64.7 Å². The van der Waals surface area contributed by atoms with Gasteiger partial charge < -0.3 is 20.4 Å². The number of likely N-dealkylation sites (tertiary alicyclic amines) is 1. The summed E-state index contributed by atoms with van der Waals surface area (Å²) in [4.78, 5) is 28.6. The summed E-state index contributed by atoms with van der Waals surface area (Å²) in [5.41, 5.74) is -1.51. The first-order valence-electron chi connectivity index (χ1n) is 12.0. The maximum absolute atomic E-state index is 13.5. The van der Waals surface area contributed by atoms with Gasteiger partial charge in [0.2, 0.25) is 0 Å². The van der Waals surface area contributed by atoms with Crippen LogP contribution in [0.3, 0.4) is 0 Å². The summed E-state index contributed by atoms with van der Waals surface area (Å²) in [6.07, 6.45) is 2.62. The molecule has 10 heteroatoms. The fourth-order valence-electron chi connectivity index (χ4n) is 4.56. The minimum absolute atomic E-state index is 0.0319. The normalized spacial score (nSPS) is 18.5. The number of nitrogens with zero attached hydrogens (tertiary/aromatic N) is 2. The van der Waals surface area contributed by atoms with Gasteiger partial charge in [-0.15, -0.1) is 0 Å². The van der Waals surface area contributed by atoms with E-state index in [0.29, 0.717) is 25.2 Å². The lowest BCUT2D eigenvalue weighted by Crippen LogP contribution is -2.47. The molecule has 6 nitrogen and oxygen atoms in total. The van der Waals surface area contributed by atoms with Gasteiger partial charge in [0.05, 0.1) is 5.56 Å². The van der Waals surface area contributed by atoms with Crippen LogP contribution in [0.5, 0.6) is 0 Å². The van der Waals surface area contributed by atoms with Crippen LogP contribution in [0.15, 0.2) is 18.2 Å². The molecule has 1 aromatic rings. The zero-order valence-corrected chi connectivity index (χ0v) is 19.6. The Hall–Kier alpha value is -2.36. The molecule has 0 bridgehead atoms. The third-order valence-electron chi connectivity index (χ3n) is 6.78. The van der Waals surface area contributed by atoms with Crippen LogP contribution in [0.2, 0.25) is 0 Å². The summed E-state index contributed by atoms with van der Waals surface area (Å²) in [5.74, 6) is -1.60. The van der Waals surface area contributed by atoms with Crippen molar-refractivity contribution in [2.45, 2.75) is 57.2 Å². The van der Waals surface area contributed by atoms with Gasteiger partial charge in [-0.05, 0) is 62.9 Å². The van der Waals surface area contributed by atoms with Crippen molar-refractivity contribution in [1.82, 2.24) is 20.4 Å². The predicted octanol–water partition coefficient (Wildman–Crippen LogP) is 4.26. The molecule has 2 fully saturated rings. The van der Waals surface area contributed by atoms with Crippen LogP contribution in [0, 0.1) is 11.7 Å². The highest BCUT2D eigenvalue weighted by atomic mass is 19.4. The number of rotatable bonds is 7. The van der Waals surface area contributed by atoms with Gasteiger partial charge in [-0.2, -0.15) is 13.2 Å². The van der Waals surface area contributed by atoms with Crippen LogP contribution in [0.25, 0.3) is 0 Å². The molecule has 1 aliphatic heterocycles. The highest BCUT2D eigenvalue weighted by Gasteiger charge is 2.32. The van der Waals surface area contributed by atoms with E-state index in [0.717, 1.165) is 51.4 Å². The molecule has 190 valence electrons. The number of hydrogen-bond acceptors (Lipinski definition) is 3. The highest BCUT2D eigenvalue weighted by molar-refractivity contribution is 5.94. The van der Waals surface area contributed by atoms with Gasteiger partial charge in [-0.3, -0.25) is 4.79 Å². The molecule has 0 unspecified atom stereocenters. The van der Waals surface area contributed by atoms with E-state index in [1.807, 2.05) is 0 Å². The van der Waals surface area contributed by atoms with Crippen molar-refractivity contribution in [2.24, 2.45) is 5.92 Å². The van der Waals surface area contributed by atoms with E-state index in [-0.39, 0.29) is 23.6 Å². The van der Waals surface area contributed by atoms with Crippen molar-refractivity contribution in [2.75, 3.05) is 39.8 Å². The van der Waals surface area contributed by atoms with Crippen molar-refractivity contribution in [3.8, 4) is 0 Å². The number of alkyl halides is 3. The van der Waals surface area contributed by atoms with Gasteiger partial charge in [-0.1, -0.05) is 19.3 Å². The molecule has 3 rings (SSSR count). The average Bonchev–Trinajstić information content (AvgIpc) is 2.81. The summed E-state index contributed by atoms with van der Waals surface area (Å²) in [6, 6.07) is 2.11. The van der Waals surface area contributed by atoms with Gasteiger partial charge in [-0.25, -0.2) is 9.18 Å². The second kappa shape index (κ2) is 11.9. The van der Waals surface area contributed by atoms with E-state index in [1.165, 1.54) is 19.3 Å². The Balaban J connectivity index is 1.36. The summed E-state index contributed by atoms with van der Waals surface area (Å²) in [6.45, 7) is 3.35. The van der Waals surface area contributed by atoms with E-state index < -0.39 is 23.5 Å². The number of benzene rings is 1. The number of carbonyl (C=O) groups is 2. The molecule has 34 heavy (non-hydrogen) atoms. The van der Waals surface area contributed by atoms with Crippen molar-refractivity contribution < 1.29 is 27.2 Å². The zero-order valence-electron chi connectivity index (χ0n) is 19.6. The van der Waals surface area contributed by atoms with Crippen LogP contribution in [-0.2, 0) is 6.18 Å². The molecule has 2 N–H and O–H groups in total. The molecule has 1 heterocycles. The molecular weight excluding hydrogens is 452 g/mol. The Bertz CT molecular complexity index is 835. The second-order valence-corrected chi connectivity index (χ2v) is 9.43. The van der Waals surface area contributed by atoms with Crippen LogP contribution < -0.4 is 10.6 Å². The first kappa shape index (κ1) is 26.2. The van der Waals surface area contributed by atoms with Crippen LogP contribution in [0.1, 0.15) is 60.9 Å². The quantitative estimate of drug-likeness (QED) is 0.566. The van der Waals surface area contributed by atoms with E-state index in [9.17, 15) is 27.2 Å². The lowest BCUT2D eigenvalue weighted by atomic mass is 9.96. The smallest absolute Gasteiger partial charge is 0.352 e. The highest BCUT2D eigenvalue weighted by Crippen LogP contribution is 2.30. The number of piperidine rings is 1. The molecule has 1 saturated carbocycles. The van der Waals surface area contributed by atoms with Gasteiger partial charge in [0.25, 0.3) is 5.91 Å². The summed E-state index contributed by atoms with van der Waals surface area (Å²) in [5, 5.41) is 5.75. The van der Waals surface area contributed by atoms with Gasteiger partial charge in [0, 0.05) is 38.3 Å². The van der Waals surface area contributed by atoms with Crippen LogP contribution in [0.4, 0.5) is 22.4 Å². The molecule has 1 aromatic carbocycles. The Labute approximate surface area is 198 Å². The Morgan fingerprint density at radius 3 is 2.38 bits per heavy atom. The fraction of sp³-hybridized carbons (Fsp3) is 0.667. The molecule has 0 aromatic heterocycles.